The van der Waals surface area contributed by atoms with Crippen molar-refractivity contribution in [2.75, 3.05) is 11.9 Å². The first-order valence-corrected chi connectivity index (χ1v) is 4.79. The molecule has 0 atom stereocenters. The predicted octanol–water partition coefficient (Wildman–Crippen LogP) is 1.82. The molecule has 0 saturated heterocycles. The fourth-order valence-electron chi connectivity index (χ4n) is 1.06. The number of aromatic carboxylic acids is 1. The maximum atomic E-state index is 11.2. The van der Waals surface area contributed by atoms with Gasteiger partial charge in [0.05, 0.1) is 16.9 Å². The second kappa shape index (κ2) is 5.64. The lowest BCUT2D eigenvalue weighted by atomic mass is 10.2. The van der Waals surface area contributed by atoms with Crippen LogP contribution in [0.25, 0.3) is 0 Å². The Labute approximate surface area is 97.9 Å². The summed E-state index contributed by atoms with van der Waals surface area (Å²) in [4.78, 5) is 25.8. The normalized spacial score (nSPS) is 9.47. The van der Waals surface area contributed by atoms with E-state index in [0.717, 1.165) is 0 Å². The molecule has 0 bridgehead atoms. The molecular weight excluding hydrogens is 224 g/mol. The number of carboxylic acids is 1. The lowest BCUT2D eigenvalue weighted by Gasteiger charge is -2.08. The summed E-state index contributed by atoms with van der Waals surface area (Å²) >= 11 is 0. The molecule has 0 aromatic carbocycles. The van der Waals surface area contributed by atoms with Gasteiger partial charge in [-0.15, -0.1) is 0 Å². The minimum absolute atomic E-state index is 0.00498. The zero-order chi connectivity index (χ0) is 12.8. The lowest BCUT2D eigenvalue weighted by Crippen LogP contribution is -2.15. The molecular formula is C11H12N2O4. The van der Waals surface area contributed by atoms with Crippen LogP contribution >= 0.6 is 0 Å². The highest BCUT2D eigenvalue weighted by Crippen LogP contribution is 2.14. The second-order valence-corrected chi connectivity index (χ2v) is 3.17. The summed E-state index contributed by atoms with van der Waals surface area (Å²) in [5.74, 6) is -1.11. The predicted molar refractivity (Wildman–Crippen MR) is 61.1 cm³/mol. The van der Waals surface area contributed by atoms with Crippen LogP contribution in [0.5, 0.6) is 0 Å². The molecule has 6 nitrogen and oxygen atoms in total. The number of pyridine rings is 1. The highest BCUT2D eigenvalue weighted by Gasteiger charge is 2.10. The highest BCUT2D eigenvalue weighted by molar-refractivity contribution is 5.91. The minimum atomic E-state index is -1.11. The van der Waals surface area contributed by atoms with Gasteiger partial charge in [0, 0.05) is 6.20 Å². The van der Waals surface area contributed by atoms with Crippen molar-refractivity contribution in [2.45, 2.75) is 6.92 Å². The van der Waals surface area contributed by atoms with Crippen LogP contribution < -0.4 is 5.32 Å². The number of hydrogen-bond acceptors (Lipinski definition) is 4. The van der Waals surface area contributed by atoms with E-state index in [-0.39, 0.29) is 12.2 Å². The van der Waals surface area contributed by atoms with Crippen molar-refractivity contribution in [1.29, 1.82) is 0 Å². The number of carboxylic acid groups (broad SMARTS) is 1. The molecule has 90 valence electrons. The Balaban J connectivity index is 2.82. The fourth-order valence-corrected chi connectivity index (χ4v) is 1.06. The van der Waals surface area contributed by atoms with Gasteiger partial charge in [0.15, 0.2) is 0 Å². The monoisotopic (exact) mass is 236 g/mol. The first kappa shape index (κ1) is 12.7. The van der Waals surface area contributed by atoms with Crippen LogP contribution in [0, 0.1) is 6.92 Å². The number of anilines is 1. The third-order valence-electron chi connectivity index (χ3n) is 1.90. The number of carbonyl (C=O) groups excluding carboxylic acids is 1. The van der Waals surface area contributed by atoms with Gasteiger partial charge in [0.2, 0.25) is 0 Å². The molecule has 0 radical (unpaired) electrons. The summed E-state index contributed by atoms with van der Waals surface area (Å²) < 4.78 is 4.71. The number of carbonyl (C=O) groups is 2. The zero-order valence-corrected chi connectivity index (χ0v) is 9.27. The van der Waals surface area contributed by atoms with Gasteiger partial charge in [-0.05, 0) is 13.0 Å². The zero-order valence-electron chi connectivity index (χ0n) is 9.27. The van der Waals surface area contributed by atoms with Crippen molar-refractivity contribution in [3.8, 4) is 0 Å². The summed E-state index contributed by atoms with van der Waals surface area (Å²) in [5, 5.41) is 11.2. The van der Waals surface area contributed by atoms with Crippen LogP contribution in [-0.2, 0) is 4.74 Å². The third-order valence-corrected chi connectivity index (χ3v) is 1.90. The van der Waals surface area contributed by atoms with Gasteiger partial charge in [0.25, 0.3) is 0 Å². The number of amides is 1. The summed E-state index contributed by atoms with van der Waals surface area (Å²) in [6, 6.07) is 1.32. The molecule has 1 aromatic rings. The SMILES string of the molecule is C=CCOC(=O)Nc1cc(C(=O)O)cnc1C. The van der Waals surface area contributed by atoms with Gasteiger partial charge in [-0.1, -0.05) is 12.7 Å². The summed E-state index contributed by atoms with van der Waals surface area (Å²) in [7, 11) is 0. The quantitative estimate of drug-likeness (QED) is 0.778. The van der Waals surface area contributed by atoms with E-state index >= 15 is 0 Å². The van der Waals surface area contributed by atoms with Gasteiger partial charge in [-0.3, -0.25) is 10.3 Å². The molecule has 1 heterocycles. The maximum absolute atomic E-state index is 11.2. The Morgan fingerprint density at radius 1 is 1.65 bits per heavy atom. The molecule has 2 N–H and O–H groups in total. The number of hydrogen-bond donors (Lipinski definition) is 2. The fraction of sp³-hybridized carbons (Fsp3) is 0.182. The number of nitrogens with zero attached hydrogens (tertiary/aromatic N) is 1. The topological polar surface area (TPSA) is 88.5 Å². The number of nitrogens with one attached hydrogen (secondary N) is 1. The molecule has 0 aliphatic heterocycles. The Morgan fingerprint density at radius 2 is 2.35 bits per heavy atom. The van der Waals surface area contributed by atoms with E-state index in [4.69, 9.17) is 9.84 Å². The Kier molecular flexibility index (Phi) is 4.21. The smallest absolute Gasteiger partial charge is 0.411 e. The molecule has 0 aliphatic carbocycles. The van der Waals surface area contributed by atoms with Crippen LogP contribution in [0.2, 0.25) is 0 Å². The number of rotatable bonds is 4. The van der Waals surface area contributed by atoms with Crippen molar-refractivity contribution in [1.82, 2.24) is 4.98 Å². The molecule has 1 amide bonds. The van der Waals surface area contributed by atoms with Gasteiger partial charge in [-0.2, -0.15) is 0 Å². The maximum Gasteiger partial charge on any atom is 0.411 e. The average Bonchev–Trinajstić information content (AvgIpc) is 2.29. The minimum Gasteiger partial charge on any atom is -0.478 e. The van der Waals surface area contributed by atoms with Crippen LogP contribution in [0.1, 0.15) is 16.1 Å². The van der Waals surface area contributed by atoms with Gasteiger partial charge in [0.1, 0.15) is 6.61 Å². The van der Waals surface area contributed by atoms with Gasteiger partial charge < -0.3 is 9.84 Å². The average molecular weight is 236 g/mol. The van der Waals surface area contributed by atoms with E-state index in [1.807, 2.05) is 0 Å². The van der Waals surface area contributed by atoms with Crippen molar-refractivity contribution < 1.29 is 19.4 Å². The lowest BCUT2D eigenvalue weighted by molar-refractivity contribution is 0.0696. The van der Waals surface area contributed by atoms with Crippen molar-refractivity contribution >= 4 is 17.7 Å². The first-order chi connectivity index (χ1) is 8.04. The molecule has 0 saturated carbocycles. The number of aromatic nitrogens is 1. The molecule has 0 unspecified atom stereocenters. The second-order valence-electron chi connectivity index (χ2n) is 3.17. The molecule has 6 heteroatoms. The van der Waals surface area contributed by atoms with Crippen molar-refractivity contribution in [3.05, 3.63) is 36.2 Å². The van der Waals surface area contributed by atoms with E-state index < -0.39 is 12.1 Å². The van der Waals surface area contributed by atoms with E-state index in [1.54, 1.807) is 6.92 Å². The molecule has 0 fully saturated rings. The number of aryl methyl sites for hydroxylation is 1. The Hall–Kier alpha value is -2.37. The van der Waals surface area contributed by atoms with Crippen LogP contribution in [0.3, 0.4) is 0 Å². The van der Waals surface area contributed by atoms with E-state index in [1.165, 1.54) is 18.3 Å². The highest BCUT2D eigenvalue weighted by atomic mass is 16.5. The molecule has 17 heavy (non-hydrogen) atoms. The molecule has 0 aliphatic rings. The third kappa shape index (κ3) is 3.60. The molecule has 1 aromatic heterocycles. The standard InChI is InChI=1S/C11H12N2O4/c1-3-4-17-11(16)13-9-5-8(10(14)15)6-12-7(9)2/h3,5-6H,1,4H2,2H3,(H,13,16)(H,14,15). The van der Waals surface area contributed by atoms with Gasteiger partial charge >= 0.3 is 12.1 Å². The summed E-state index contributed by atoms with van der Waals surface area (Å²) in [6.07, 6.45) is 1.97. The van der Waals surface area contributed by atoms with Crippen LogP contribution in [0.15, 0.2) is 24.9 Å². The van der Waals surface area contributed by atoms with E-state index in [9.17, 15) is 9.59 Å². The largest absolute Gasteiger partial charge is 0.478 e. The Morgan fingerprint density at radius 3 is 2.94 bits per heavy atom. The van der Waals surface area contributed by atoms with E-state index in [0.29, 0.717) is 11.4 Å². The van der Waals surface area contributed by atoms with Crippen LogP contribution in [0.4, 0.5) is 10.5 Å². The summed E-state index contributed by atoms with van der Waals surface area (Å²) in [5.41, 5.74) is 0.805. The molecule has 0 spiro atoms. The van der Waals surface area contributed by atoms with E-state index in [2.05, 4.69) is 16.9 Å². The molecule has 1 rings (SSSR count). The Bertz CT molecular complexity index is 457. The van der Waals surface area contributed by atoms with Crippen molar-refractivity contribution in [2.24, 2.45) is 0 Å². The summed E-state index contributed by atoms with van der Waals surface area (Å²) in [6.45, 7) is 5.13. The van der Waals surface area contributed by atoms with Gasteiger partial charge in [-0.25, -0.2) is 9.59 Å². The van der Waals surface area contributed by atoms with Crippen molar-refractivity contribution in [3.63, 3.8) is 0 Å². The number of ether oxygens (including phenoxy) is 1. The first-order valence-electron chi connectivity index (χ1n) is 4.79. The van der Waals surface area contributed by atoms with Crippen LogP contribution in [-0.4, -0.2) is 28.8 Å².